The quantitative estimate of drug-likeness (QED) is 0.600. The molecule has 0 aromatic heterocycles. The van der Waals surface area contributed by atoms with Gasteiger partial charge in [0.1, 0.15) is 0 Å². The highest BCUT2D eigenvalue weighted by atomic mass is 35.5. The van der Waals surface area contributed by atoms with Crippen molar-refractivity contribution < 1.29 is 5.11 Å². The predicted octanol–water partition coefficient (Wildman–Crippen LogP) is 2.72. The minimum atomic E-state index is -0.0151. The first-order chi connectivity index (χ1) is 10.1. The maximum absolute atomic E-state index is 8.78. The van der Waals surface area contributed by atoms with Gasteiger partial charge in [-0.3, -0.25) is 4.99 Å². The molecule has 0 aliphatic carbocycles. The van der Waals surface area contributed by atoms with Gasteiger partial charge in [-0.1, -0.05) is 24.2 Å². The van der Waals surface area contributed by atoms with Gasteiger partial charge in [-0.25, -0.2) is 0 Å². The smallest absolute Gasteiger partial charge is 0.0940 e. The van der Waals surface area contributed by atoms with Gasteiger partial charge in [-0.05, 0) is 36.1 Å². The van der Waals surface area contributed by atoms with Crippen LogP contribution in [0.1, 0.15) is 17.5 Å². The van der Waals surface area contributed by atoms with E-state index in [1.807, 2.05) is 18.2 Å². The fourth-order valence-corrected chi connectivity index (χ4v) is 1.97. The van der Waals surface area contributed by atoms with E-state index in [0.717, 1.165) is 16.7 Å². The van der Waals surface area contributed by atoms with Crippen LogP contribution in [0.2, 0.25) is 5.02 Å². The number of hydrogen-bond donors (Lipinski definition) is 2. The summed E-state index contributed by atoms with van der Waals surface area (Å²) in [5, 5.41) is 18.1. The molecule has 0 amide bonds. The summed E-state index contributed by atoms with van der Waals surface area (Å²) < 4.78 is 0. The van der Waals surface area contributed by atoms with Crippen molar-refractivity contribution in [3.05, 3.63) is 52.7 Å². The maximum Gasteiger partial charge on any atom is 0.0940 e. The number of aryl methyl sites for hydroxylation is 1. The fraction of sp³-hybridized carbons (Fsp3) is 0.250. The Morgan fingerprint density at radius 2 is 2.29 bits per heavy atom. The largest absolute Gasteiger partial charge is 0.404 e. The van der Waals surface area contributed by atoms with Gasteiger partial charge in [0.25, 0.3) is 0 Å². The summed E-state index contributed by atoms with van der Waals surface area (Å²) >= 11 is 6.05. The topological polar surface area (TPSA) is 82.4 Å². The second-order valence-corrected chi connectivity index (χ2v) is 4.83. The van der Waals surface area contributed by atoms with Crippen molar-refractivity contribution >= 4 is 23.4 Å². The molecule has 0 spiro atoms. The molecule has 0 aliphatic heterocycles. The Kier molecular flexibility index (Phi) is 7.24. The number of hydrogen-bond acceptors (Lipinski definition) is 4. The lowest BCUT2D eigenvalue weighted by Gasteiger charge is -2.10. The van der Waals surface area contributed by atoms with E-state index in [0.29, 0.717) is 30.0 Å². The first kappa shape index (κ1) is 17.0. The standard InChI is InChI=1S/C16H18ClN3O/c1-12(9-18)2-3-13-4-5-15(17)8-16(13)14(10-19)11-20-6-7-21/h4-5,8,10-11,21H,1-3,6-7,19H2/b14-10+,20-11?. The number of allylic oxidation sites excluding steroid dienone is 2. The molecular weight excluding hydrogens is 286 g/mol. The van der Waals surface area contributed by atoms with Crippen molar-refractivity contribution in [1.29, 1.82) is 5.26 Å². The van der Waals surface area contributed by atoms with E-state index in [1.165, 1.54) is 6.20 Å². The number of nitriles is 1. The van der Waals surface area contributed by atoms with Gasteiger partial charge in [0.05, 0.1) is 19.2 Å². The molecule has 0 saturated carbocycles. The third kappa shape index (κ3) is 5.42. The number of aliphatic hydroxyl groups excluding tert-OH is 1. The van der Waals surface area contributed by atoms with Crippen molar-refractivity contribution in [3.63, 3.8) is 0 Å². The Balaban J connectivity index is 3.05. The molecule has 0 heterocycles. The monoisotopic (exact) mass is 303 g/mol. The zero-order valence-corrected chi connectivity index (χ0v) is 12.5. The first-order valence-corrected chi connectivity index (χ1v) is 6.89. The summed E-state index contributed by atoms with van der Waals surface area (Å²) in [6.45, 7) is 3.98. The van der Waals surface area contributed by atoms with E-state index in [4.69, 9.17) is 27.7 Å². The van der Waals surface area contributed by atoms with Crippen molar-refractivity contribution in [2.75, 3.05) is 13.2 Å². The molecule has 3 N–H and O–H groups in total. The number of aliphatic hydroxyl groups is 1. The number of halogens is 1. The van der Waals surface area contributed by atoms with Crippen LogP contribution in [-0.2, 0) is 6.42 Å². The third-order valence-corrected chi connectivity index (χ3v) is 3.11. The third-order valence-electron chi connectivity index (χ3n) is 2.88. The molecule has 5 heteroatoms. The Morgan fingerprint density at radius 3 is 2.90 bits per heavy atom. The van der Waals surface area contributed by atoms with Crippen LogP contribution in [0.25, 0.3) is 5.57 Å². The summed E-state index contributed by atoms with van der Waals surface area (Å²) in [6, 6.07) is 7.56. The Morgan fingerprint density at radius 1 is 1.52 bits per heavy atom. The zero-order chi connectivity index (χ0) is 15.7. The van der Waals surface area contributed by atoms with Crippen LogP contribution in [0.3, 0.4) is 0 Å². The minimum Gasteiger partial charge on any atom is -0.404 e. The highest BCUT2D eigenvalue weighted by molar-refractivity contribution is 6.31. The zero-order valence-electron chi connectivity index (χ0n) is 11.7. The molecule has 0 unspecified atom stereocenters. The maximum atomic E-state index is 8.78. The van der Waals surface area contributed by atoms with Crippen molar-refractivity contribution in [3.8, 4) is 6.07 Å². The van der Waals surface area contributed by atoms with E-state index in [-0.39, 0.29) is 6.61 Å². The van der Waals surface area contributed by atoms with Crippen LogP contribution in [0.5, 0.6) is 0 Å². The Labute approximate surface area is 129 Å². The minimum absolute atomic E-state index is 0.0151. The van der Waals surface area contributed by atoms with E-state index < -0.39 is 0 Å². The van der Waals surface area contributed by atoms with Gasteiger partial charge in [0.15, 0.2) is 0 Å². The molecule has 4 nitrogen and oxygen atoms in total. The van der Waals surface area contributed by atoms with Crippen molar-refractivity contribution in [2.45, 2.75) is 12.8 Å². The van der Waals surface area contributed by atoms with Gasteiger partial charge in [0.2, 0.25) is 0 Å². The molecule has 0 radical (unpaired) electrons. The number of aliphatic imine (C=N–C) groups is 1. The molecule has 1 aromatic rings. The SMILES string of the molecule is C=C(C#N)CCc1ccc(Cl)cc1/C(C=NCCO)=C/N. The lowest BCUT2D eigenvalue weighted by Crippen LogP contribution is -1.99. The molecule has 0 fully saturated rings. The van der Waals surface area contributed by atoms with Gasteiger partial charge in [-0.15, -0.1) is 0 Å². The number of nitrogens with two attached hydrogens (primary N) is 1. The molecule has 1 aromatic carbocycles. The predicted molar refractivity (Wildman–Crippen MR) is 87.1 cm³/mol. The van der Waals surface area contributed by atoms with E-state index in [2.05, 4.69) is 11.6 Å². The lowest BCUT2D eigenvalue weighted by molar-refractivity contribution is 0.307. The number of nitrogens with zero attached hydrogens (tertiary/aromatic N) is 2. The van der Waals surface area contributed by atoms with Crippen LogP contribution in [0.15, 0.2) is 41.5 Å². The summed E-state index contributed by atoms with van der Waals surface area (Å²) in [7, 11) is 0. The van der Waals surface area contributed by atoms with Gasteiger partial charge >= 0.3 is 0 Å². The van der Waals surface area contributed by atoms with E-state index in [1.54, 1.807) is 12.3 Å². The molecule has 21 heavy (non-hydrogen) atoms. The van der Waals surface area contributed by atoms with Gasteiger partial charge in [-0.2, -0.15) is 5.26 Å². The molecule has 0 aliphatic rings. The van der Waals surface area contributed by atoms with Gasteiger partial charge < -0.3 is 10.8 Å². The van der Waals surface area contributed by atoms with Crippen molar-refractivity contribution in [1.82, 2.24) is 0 Å². The molecular formula is C16H18ClN3O. The van der Waals surface area contributed by atoms with Gasteiger partial charge in [0, 0.05) is 28.6 Å². The second kappa shape index (κ2) is 8.96. The highest BCUT2D eigenvalue weighted by Gasteiger charge is 2.08. The molecule has 1 rings (SSSR count). The normalized spacial score (nSPS) is 11.6. The van der Waals surface area contributed by atoms with Crippen molar-refractivity contribution in [2.24, 2.45) is 10.7 Å². The first-order valence-electron chi connectivity index (χ1n) is 6.51. The Hall–Kier alpha value is -2.09. The fourth-order valence-electron chi connectivity index (χ4n) is 1.80. The van der Waals surface area contributed by atoms with E-state index in [9.17, 15) is 0 Å². The number of benzene rings is 1. The molecule has 110 valence electrons. The van der Waals surface area contributed by atoms with Crippen LogP contribution in [0, 0.1) is 11.3 Å². The summed E-state index contributed by atoms with van der Waals surface area (Å²) in [5.41, 5.74) is 8.80. The average Bonchev–Trinajstić information content (AvgIpc) is 2.50. The summed E-state index contributed by atoms with van der Waals surface area (Å²) in [5.74, 6) is 0. The van der Waals surface area contributed by atoms with E-state index >= 15 is 0 Å². The van der Waals surface area contributed by atoms with Crippen LogP contribution in [-0.4, -0.2) is 24.5 Å². The van der Waals surface area contributed by atoms with Crippen LogP contribution in [0.4, 0.5) is 0 Å². The van der Waals surface area contributed by atoms with Crippen LogP contribution < -0.4 is 5.73 Å². The molecule has 0 saturated heterocycles. The highest BCUT2D eigenvalue weighted by Crippen LogP contribution is 2.24. The lowest BCUT2D eigenvalue weighted by atomic mass is 9.96. The van der Waals surface area contributed by atoms with Crippen LogP contribution >= 0.6 is 11.6 Å². The molecule has 0 bridgehead atoms. The summed E-state index contributed by atoms with van der Waals surface area (Å²) in [6.07, 6.45) is 4.32. The molecule has 0 atom stereocenters. The Bertz CT molecular complexity index is 600. The number of rotatable bonds is 7. The summed E-state index contributed by atoms with van der Waals surface area (Å²) in [4.78, 5) is 4.08. The second-order valence-electron chi connectivity index (χ2n) is 4.40. The average molecular weight is 304 g/mol.